The van der Waals surface area contributed by atoms with E-state index in [-0.39, 0.29) is 40.7 Å². The van der Waals surface area contributed by atoms with Crippen LogP contribution in [0.4, 0.5) is 11.4 Å². The fourth-order valence-corrected chi connectivity index (χ4v) is 8.53. The smallest absolute Gasteiger partial charge is 0.303 e. The molecule has 1 aliphatic carbocycles. The lowest BCUT2D eigenvalue weighted by Crippen LogP contribution is -3.00. The Kier molecular flexibility index (Phi) is 13.8. The summed E-state index contributed by atoms with van der Waals surface area (Å²) in [7, 11) is 0. The van der Waals surface area contributed by atoms with Crippen LogP contribution in [-0.2, 0) is 20.4 Å². The minimum atomic E-state index is -0.727. The quantitative estimate of drug-likeness (QED) is 0.137. The summed E-state index contributed by atoms with van der Waals surface area (Å²) in [5.41, 5.74) is 10.2. The largest absolute Gasteiger partial charge is 1.00 e. The standard InChI is InChI=1S/C42H53ClN2O4.BrH/c1-41(2)32-18-9-11-20-34(32)44(28-13-5-7-22-38(46)47)36(41)26-24-30-16-15-17-31(40(30)43)25-27-37-42(3,4)33-19-10-12-21-35(33)45(37)29-14-6-8-23-39(48)49;/h9-12,18-21,24,26H,5-8,13-17,22-23,25,27-29H2,1-4H3,(H-,46,47,48,49);1H. The molecule has 0 bridgehead atoms. The first-order valence-electron chi connectivity index (χ1n) is 18.3. The number of benzene rings is 2. The van der Waals surface area contributed by atoms with Gasteiger partial charge >= 0.3 is 11.9 Å². The van der Waals surface area contributed by atoms with E-state index in [1.165, 1.54) is 45.1 Å². The van der Waals surface area contributed by atoms with Crippen molar-refractivity contribution in [1.82, 2.24) is 0 Å². The number of carbonyl (C=O) groups is 2. The maximum Gasteiger partial charge on any atom is 0.303 e. The van der Waals surface area contributed by atoms with Crippen molar-refractivity contribution in [3.05, 3.63) is 93.7 Å². The summed E-state index contributed by atoms with van der Waals surface area (Å²) in [6.07, 6.45) is 15.0. The highest BCUT2D eigenvalue weighted by molar-refractivity contribution is 6.32. The van der Waals surface area contributed by atoms with Crippen molar-refractivity contribution in [2.75, 3.05) is 18.0 Å². The van der Waals surface area contributed by atoms with Crippen molar-refractivity contribution in [2.45, 2.75) is 122 Å². The van der Waals surface area contributed by atoms with E-state index in [0.717, 1.165) is 75.9 Å². The number of carboxylic acid groups (broad SMARTS) is 2. The molecule has 0 fully saturated rings. The molecule has 3 aliphatic rings. The van der Waals surface area contributed by atoms with E-state index in [1.54, 1.807) is 0 Å². The predicted octanol–water partition coefficient (Wildman–Crippen LogP) is 7.42. The molecule has 8 heteroatoms. The fourth-order valence-electron chi connectivity index (χ4n) is 8.19. The molecule has 0 saturated carbocycles. The Balaban J connectivity index is 0.00000562. The van der Waals surface area contributed by atoms with Gasteiger partial charge in [0.1, 0.15) is 6.54 Å². The van der Waals surface area contributed by atoms with Crippen molar-refractivity contribution in [3.63, 3.8) is 0 Å². The zero-order chi connectivity index (χ0) is 35.2. The lowest BCUT2D eigenvalue weighted by molar-refractivity contribution is -0.440. The van der Waals surface area contributed by atoms with Gasteiger partial charge in [0.15, 0.2) is 5.71 Å². The molecule has 0 aromatic heterocycles. The Bertz CT molecular complexity index is 1690. The number of halogens is 2. The van der Waals surface area contributed by atoms with Crippen LogP contribution in [0, 0.1) is 0 Å². The van der Waals surface area contributed by atoms with E-state index >= 15 is 0 Å². The van der Waals surface area contributed by atoms with Crippen LogP contribution in [0.25, 0.3) is 0 Å². The molecule has 0 amide bonds. The number of anilines is 1. The molecule has 0 radical (unpaired) electrons. The van der Waals surface area contributed by atoms with Crippen LogP contribution in [0.15, 0.2) is 82.6 Å². The van der Waals surface area contributed by atoms with Crippen LogP contribution in [0.3, 0.4) is 0 Å². The second-order valence-electron chi connectivity index (χ2n) is 15.0. The normalized spacial score (nSPS) is 19.2. The molecule has 5 rings (SSSR count). The Morgan fingerprint density at radius 2 is 1.44 bits per heavy atom. The third-order valence-corrected chi connectivity index (χ3v) is 11.4. The van der Waals surface area contributed by atoms with Gasteiger partial charge in [-0.2, -0.15) is 4.58 Å². The van der Waals surface area contributed by atoms with Crippen LogP contribution in [-0.4, -0.2) is 45.5 Å². The highest BCUT2D eigenvalue weighted by Gasteiger charge is 2.45. The molecule has 2 N–H and O–H groups in total. The molecule has 0 saturated heterocycles. The van der Waals surface area contributed by atoms with Crippen molar-refractivity contribution in [1.29, 1.82) is 0 Å². The van der Waals surface area contributed by atoms with E-state index in [1.807, 2.05) is 0 Å². The molecule has 6 nitrogen and oxygen atoms in total. The molecular weight excluding hydrogens is 712 g/mol. The number of rotatable bonds is 16. The first-order chi connectivity index (χ1) is 23.4. The van der Waals surface area contributed by atoms with E-state index in [2.05, 4.69) is 97.9 Å². The second kappa shape index (κ2) is 17.4. The minimum Gasteiger partial charge on any atom is -1.00 e. The Morgan fingerprint density at radius 1 is 0.800 bits per heavy atom. The van der Waals surface area contributed by atoms with Crippen LogP contribution < -0.4 is 21.9 Å². The van der Waals surface area contributed by atoms with Crippen LogP contribution in [0.1, 0.15) is 122 Å². The predicted molar refractivity (Wildman–Crippen MR) is 200 cm³/mol. The molecule has 2 aromatic carbocycles. The number of hydrogen-bond acceptors (Lipinski definition) is 3. The summed E-state index contributed by atoms with van der Waals surface area (Å²) in [5.74, 6) is -1.45. The molecule has 2 aliphatic heterocycles. The Hall–Kier alpha value is -3.16. The molecular formula is C42H54BrClN2O4. The van der Waals surface area contributed by atoms with Gasteiger partial charge in [-0.15, -0.1) is 0 Å². The lowest BCUT2D eigenvalue weighted by Gasteiger charge is -2.27. The maximum atomic E-state index is 11.0. The summed E-state index contributed by atoms with van der Waals surface area (Å²) in [4.78, 5) is 24.5. The van der Waals surface area contributed by atoms with E-state index in [9.17, 15) is 9.59 Å². The van der Waals surface area contributed by atoms with Crippen molar-refractivity contribution >= 4 is 40.6 Å². The number of allylic oxidation sites excluding steroid dienone is 6. The van der Waals surface area contributed by atoms with E-state index in [4.69, 9.17) is 21.8 Å². The van der Waals surface area contributed by atoms with Gasteiger partial charge < -0.3 is 32.1 Å². The third kappa shape index (κ3) is 8.82. The topological polar surface area (TPSA) is 80.9 Å². The monoisotopic (exact) mass is 764 g/mol. The van der Waals surface area contributed by atoms with Crippen LogP contribution in [0.5, 0.6) is 0 Å². The van der Waals surface area contributed by atoms with Gasteiger partial charge in [-0.05, 0) is 88.5 Å². The average molecular weight is 766 g/mol. The molecule has 0 atom stereocenters. The van der Waals surface area contributed by atoms with Crippen molar-refractivity contribution in [2.24, 2.45) is 0 Å². The number of para-hydroxylation sites is 2. The first kappa shape index (κ1) is 39.6. The molecule has 2 heterocycles. The molecule has 2 aromatic rings. The van der Waals surface area contributed by atoms with Gasteiger partial charge in [-0.1, -0.05) is 79.9 Å². The second-order valence-corrected chi connectivity index (χ2v) is 15.3. The molecule has 0 spiro atoms. The fraction of sp³-hybridized carbons (Fsp3) is 0.500. The summed E-state index contributed by atoms with van der Waals surface area (Å²) in [6, 6.07) is 17.4. The SMILES string of the molecule is CC1(C)C(=CC=C2CCCC(CCC3=[N+](CCCCCC(=O)O)c4ccccc4C3(C)C)=C2Cl)N(CCCCCC(=O)O)c2ccccc21.[Br-]. The summed E-state index contributed by atoms with van der Waals surface area (Å²) in [6.45, 7) is 11.0. The Labute approximate surface area is 314 Å². The number of hydrogen-bond donors (Lipinski definition) is 2. The molecule has 0 unspecified atom stereocenters. The minimum absolute atomic E-state index is 0. The van der Waals surface area contributed by atoms with Gasteiger partial charge in [0.05, 0.1) is 5.41 Å². The average Bonchev–Trinajstić information content (AvgIpc) is 3.41. The van der Waals surface area contributed by atoms with E-state index < -0.39 is 11.9 Å². The molecule has 270 valence electrons. The maximum absolute atomic E-state index is 11.0. The van der Waals surface area contributed by atoms with Crippen LogP contribution in [0.2, 0.25) is 0 Å². The number of carboxylic acids is 2. The Morgan fingerprint density at radius 3 is 2.14 bits per heavy atom. The zero-order valence-electron chi connectivity index (χ0n) is 30.2. The van der Waals surface area contributed by atoms with Crippen molar-refractivity contribution in [3.8, 4) is 0 Å². The zero-order valence-corrected chi connectivity index (χ0v) is 32.6. The van der Waals surface area contributed by atoms with Gasteiger partial charge in [0, 0.05) is 65.7 Å². The summed E-state index contributed by atoms with van der Waals surface area (Å²) < 4.78 is 2.50. The highest BCUT2D eigenvalue weighted by Crippen LogP contribution is 2.48. The summed E-state index contributed by atoms with van der Waals surface area (Å²) >= 11 is 7.25. The lowest BCUT2D eigenvalue weighted by atomic mass is 9.79. The number of aliphatic carboxylic acids is 2. The summed E-state index contributed by atoms with van der Waals surface area (Å²) in [5, 5.41) is 19.1. The number of nitrogens with zero attached hydrogens (tertiary/aromatic N) is 2. The number of unbranched alkanes of at least 4 members (excludes halogenated alkanes) is 4. The van der Waals surface area contributed by atoms with Crippen molar-refractivity contribution < 1.29 is 41.4 Å². The van der Waals surface area contributed by atoms with Gasteiger partial charge in [0.25, 0.3) is 0 Å². The third-order valence-electron chi connectivity index (χ3n) is 10.9. The molecule has 50 heavy (non-hydrogen) atoms. The van der Waals surface area contributed by atoms with Gasteiger partial charge in [-0.3, -0.25) is 9.59 Å². The van der Waals surface area contributed by atoms with Gasteiger partial charge in [-0.25, -0.2) is 0 Å². The number of fused-ring (bicyclic) bond motifs is 2. The first-order valence-corrected chi connectivity index (χ1v) is 18.6. The van der Waals surface area contributed by atoms with Gasteiger partial charge in [0.2, 0.25) is 5.69 Å². The van der Waals surface area contributed by atoms with E-state index in [0.29, 0.717) is 12.8 Å². The highest BCUT2D eigenvalue weighted by atomic mass is 79.9. The van der Waals surface area contributed by atoms with Crippen LogP contribution >= 0.6 is 11.6 Å².